The third-order valence-electron chi connectivity index (χ3n) is 2.75. The van der Waals surface area contributed by atoms with Crippen molar-refractivity contribution in [2.75, 3.05) is 6.61 Å². The molecule has 1 aliphatic rings. The molecule has 16 heavy (non-hydrogen) atoms. The lowest BCUT2D eigenvalue weighted by molar-refractivity contribution is -0.139. The van der Waals surface area contributed by atoms with Gasteiger partial charge in [0.15, 0.2) is 5.79 Å². The van der Waals surface area contributed by atoms with Gasteiger partial charge in [0.2, 0.25) is 0 Å². The van der Waals surface area contributed by atoms with Crippen molar-refractivity contribution in [2.24, 2.45) is 0 Å². The summed E-state index contributed by atoms with van der Waals surface area (Å²) in [4.78, 5) is 4.30. The quantitative estimate of drug-likeness (QED) is 0.783. The standard InChI is InChI=1S/C13H19NO2/c1-13(2)15-10-12(16-13)8-5-7-11-6-3-4-9-14-11/h3-4,6,9,12H,5,7-8,10H2,1-2H3/t12-/m0/s1. The van der Waals surface area contributed by atoms with E-state index >= 15 is 0 Å². The van der Waals surface area contributed by atoms with Crippen LogP contribution in [0.2, 0.25) is 0 Å². The van der Waals surface area contributed by atoms with Crippen molar-refractivity contribution in [3.05, 3.63) is 30.1 Å². The van der Waals surface area contributed by atoms with Gasteiger partial charge in [-0.2, -0.15) is 0 Å². The molecule has 0 N–H and O–H groups in total. The average Bonchev–Trinajstić information content (AvgIpc) is 2.60. The van der Waals surface area contributed by atoms with Crippen molar-refractivity contribution in [1.29, 1.82) is 0 Å². The Labute approximate surface area is 96.8 Å². The molecule has 0 saturated carbocycles. The van der Waals surface area contributed by atoms with Gasteiger partial charge in [0.25, 0.3) is 0 Å². The smallest absolute Gasteiger partial charge is 0.163 e. The molecule has 3 nitrogen and oxygen atoms in total. The second kappa shape index (κ2) is 4.93. The van der Waals surface area contributed by atoms with Gasteiger partial charge in [-0.15, -0.1) is 0 Å². The summed E-state index contributed by atoms with van der Waals surface area (Å²) in [6.07, 6.45) is 5.24. The summed E-state index contributed by atoms with van der Waals surface area (Å²) in [6.45, 7) is 4.65. The third-order valence-corrected chi connectivity index (χ3v) is 2.75. The van der Waals surface area contributed by atoms with Gasteiger partial charge in [0.05, 0.1) is 12.7 Å². The van der Waals surface area contributed by atoms with Gasteiger partial charge in [-0.05, 0) is 45.2 Å². The summed E-state index contributed by atoms with van der Waals surface area (Å²) in [5.41, 5.74) is 1.15. The molecule has 1 aromatic heterocycles. The maximum atomic E-state index is 5.74. The van der Waals surface area contributed by atoms with Crippen LogP contribution in [0.1, 0.15) is 32.4 Å². The summed E-state index contributed by atoms with van der Waals surface area (Å²) in [6, 6.07) is 6.04. The molecule has 1 aromatic rings. The first kappa shape index (κ1) is 11.6. The zero-order chi connectivity index (χ0) is 11.4. The highest BCUT2D eigenvalue weighted by atomic mass is 16.7. The molecule has 0 unspecified atom stereocenters. The Morgan fingerprint density at radius 1 is 1.44 bits per heavy atom. The van der Waals surface area contributed by atoms with Crippen LogP contribution in [0.15, 0.2) is 24.4 Å². The molecule has 0 amide bonds. The summed E-state index contributed by atoms with van der Waals surface area (Å²) in [7, 11) is 0. The highest BCUT2D eigenvalue weighted by Gasteiger charge is 2.31. The third kappa shape index (κ3) is 3.29. The molecular formula is C13H19NO2. The van der Waals surface area contributed by atoms with Crippen LogP contribution in [-0.4, -0.2) is 23.5 Å². The molecule has 0 aliphatic carbocycles. The molecule has 2 heterocycles. The molecule has 3 heteroatoms. The predicted octanol–water partition coefficient (Wildman–Crippen LogP) is 2.56. The van der Waals surface area contributed by atoms with Crippen LogP contribution in [0, 0.1) is 0 Å². The van der Waals surface area contributed by atoms with Crippen molar-refractivity contribution in [3.63, 3.8) is 0 Å². The monoisotopic (exact) mass is 221 g/mol. The van der Waals surface area contributed by atoms with Gasteiger partial charge in [-0.1, -0.05) is 6.07 Å². The number of aromatic nitrogens is 1. The molecule has 0 spiro atoms. The maximum absolute atomic E-state index is 5.74. The van der Waals surface area contributed by atoms with E-state index in [0.717, 1.165) is 31.6 Å². The molecule has 88 valence electrons. The molecule has 0 bridgehead atoms. The lowest BCUT2D eigenvalue weighted by atomic mass is 10.1. The molecule has 1 fully saturated rings. The first-order valence-corrected chi connectivity index (χ1v) is 5.87. The fourth-order valence-electron chi connectivity index (χ4n) is 1.96. The largest absolute Gasteiger partial charge is 0.348 e. The first-order chi connectivity index (χ1) is 7.66. The van der Waals surface area contributed by atoms with Crippen molar-refractivity contribution in [2.45, 2.75) is 45.0 Å². The van der Waals surface area contributed by atoms with Crippen LogP contribution in [0.4, 0.5) is 0 Å². The van der Waals surface area contributed by atoms with Gasteiger partial charge in [-0.25, -0.2) is 0 Å². The zero-order valence-electron chi connectivity index (χ0n) is 9.98. The summed E-state index contributed by atoms with van der Waals surface area (Å²) >= 11 is 0. The molecular weight excluding hydrogens is 202 g/mol. The lowest BCUT2D eigenvalue weighted by Gasteiger charge is -2.16. The lowest BCUT2D eigenvalue weighted by Crippen LogP contribution is -2.21. The van der Waals surface area contributed by atoms with Gasteiger partial charge in [-0.3, -0.25) is 4.98 Å². The topological polar surface area (TPSA) is 31.4 Å². The Balaban J connectivity index is 1.70. The van der Waals surface area contributed by atoms with E-state index in [4.69, 9.17) is 9.47 Å². The van der Waals surface area contributed by atoms with Gasteiger partial charge in [0.1, 0.15) is 0 Å². The van der Waals surface area contributed by atoms with E-state index < -0.39 is 5.79 Å². The van der Waals surface area contributed by atoms with Gasteiger partial charge < -0.3 is 9.47 Å². The number of aryl methyl sites for hydroxylation is 1. The Bertz CT molecular complexity index is 324. The molecule has 0 radical (unpaired) electrons. The van der Waals surface area contributed by atoms with Crippen LogP contribution in [0.25, 0.3) is 0 Å². The van der Waals surface area contributed by atoms with Crippen LogP contribution in [-0.2, 0) is 15.9 Å². The van der Waals surface area contributed by atoms with Crippen LogP contribution in [0.3, 0.4) is 0 Å². The Morgan fingerprint density at radius 3 is 2.94 bits per heavy atom. The average molecular weight is 221 g/mol. The van der Waals surface area contributed by atoms with E-state index in [2.05, 4.69) is 11.1 Å². The van der Waals surface area contributed by atoms with Crippen molar-refractivity contribution in [3.8, 4) is 0 Å². The number of rotatable bonds is 4. The zero-order valence-corrected chi connectivity index (χ0v) is 9.98. The van der Waals surface area contributed by atoms with Gasteiger partial charge >= 0.3 is 0 Å². The van der Waals surface area contributed by atoms with E-state index in [1.807, 2.05) is 32.2 Å². The number of pyridine rings is 1. The SMILES string of the molecule is CC1(C)OC[C@H](CCCc2ccccn2)O1. The second-order valence-corrected chi connectivity index (χ2v) is 4.66. The predicted molar refractivity (Wildman–Crippen MR) is 62.1 cm³/mol. The number of ether oxygens (including phenoxy) is 2. The minimum Gasteiger partial charge on any atom is -0.348 e. The van der Waals surface area contributed by atoms with Crippen LogP contribution < -0.4 is 0 Å². The Hall–Kier alpha value is -0.930. The molecule has 0 aromatic carbocycles. The van der Waals surface area contributed by atoms with Gasteiger partial charge in [0, 0.05) is 11.9 Å². The molecule has 1 atom stereocenters. The normalized spacial score (nSPS) is 23.5. The highest BCUT2D eigenvalue weighted by Crippen LogP contribution is 2.25. The van der Waals surface area contributed by atoms with E-state index in [1.54, 1.807) is 0 Å². The second-order valence-electron chi connectivity index (χ2n) is 4.66. The Morgan fingerprint density at radius 2 is 2.31 bits per heavy atom. The maximum Gasteiger partial charge on any atom is 0.163 e. The fraction of sp³-hybridized carbons (Fsp3) is 0.615. The van der Waals surface area contributed by atoms with Crippen molar-refractivity contribution in [1.82, 2.24) is 4.98 Å². The van der Waals surface area contributed by atoms with E-state index in [0.29, 0.717) is 0 Å². The summed E-state index contributed by atoms with van der Waals surface area (Å²) in [5, 5.41) is 0. The first-order valence-electron chi connectivity index (χ1n) is 5.87. The van der Waals surface area contributed by atoms with E-state index in [1.165, 1.54) is 0 Å². The molecule has 1 aliphatic heterocycles. The van der Waals surface area contributed by atoms with E-state index in [9.17, 15) is 0 Å². The number of hydrogen-bond donors (Lipinski definition) is 0. The highest BCUT2D eigenvalue weighted by molar-refractivity contribution is 5.03. The minimum absolute atomic E-state index is 0.249. The van der Waals surface area contributed by atoms with E-state index in [-0.39, 0.29) is 6.10 Å². The minimum atomic E-state index is -0.393. The van der Waals surface area contributed by atoms with Crippen molar-refractivity contribution >= 4 is 0 Å². The molecule has 1 saturated heterocycles. The Kier molecular flexibility index (Phi) is 3.56. The fourth-order valence-corrected chi connectivity index (χ4v) is 1.96. The number of hydrogen-bond acceptors (Lipinski definition) is 3. The molecule has 2 rings (SSSR count). The summed E-state index contributed by atoms with van der Waals surface area (Å²) < 4.78 is 11.3. The van der Waals surface area contributed by atoms with Crippen LogP contribution >= 0.6 is 0 Å². The van der Waals surface area contributed by atoms with Crippen LogP contribution in [0.5, 0.6) is 0 Å². The number of nitrogens with zero attached hydrogens (tertiary/aromatic N) is 1. The summed E-state index contributed by atoms with van der Waals surface area (Å²) in [5.74, 6) is -0.393. The van der Waals surface area contributed by atoms with Crippen molar-refractivity contribution < 1.29 is 9.47 Å².